The van der Waals surface area contributed by atoms with E-state index in [0.717, 1.165) is 17.5 Å². The Bertz CT molecular complexity index is 529. The molecule has 1 N–H and O–H groups in total. The van der Waals surface area contributed by atoms with Crippen LogP contribution in [0.3, 0.4) is 0 Å². The first kappa shape index (κ1) is 12.2. The normalized spacial score (nSPS) is 10.3. The maximum Gasteiger partial charge on any atom is 0.335 e. The summed E-state index contributed by atoms with van der Waals surface area (Å²) in [6, 6.07) is 6.88. The molecule has 0 fully saturated rings. The number of benzene rings is 1. The molecule has 4 nitrogen and oxygen atoms in total. The molecule has 0 aliphatic heterocycles. The summed E-state index contributed by atoms with van der Waals surface area (Å²) in [5.41, 5.74) is 2.14. The molecule has 2 rings (SSSR count). The van der Waals surface area contributed by atoms with Crippen LogP contribution in [-0.4, -0.2) is 18.2 Å². The largest absolute Gasteiger partial charge is 0.497 e. The van der Waals surface area contributed by atoms with Gasteiger partial charge in [-0.25, -0.2) is 4.79 Å². The van der Waals surface area contributed by atoms with Gasteiger partial charge in [0.2, 0.25) is 0 Å². The third-order valence-electron chi connectivity index (χ3n) is 2.81. The predicted octanol–water partition coefficient (Wildman–Crippen LogP) is 2.77. The highest BCUT2D eigenvalue weighted by Crippen LogP contribution is 2.20. The first-order valence-corrected chi connectivity index (χ1v) is 5.62. The van der Waals surface area contributed by atoms with Gasteiger partial charge in [0.15, 0.2) is 0 Å². The minimum Gasteiger partial charge on any atom is -0.497 e. The van der Waals surface area contributed by atoms with E-state index in [1.54, 1.807) is 37.8 Å². The maximum atomic E-state index is 11.1. The van der Waals surface area contributed by atoms with Crippen molar-refractivity contribution in [3.8, 4) is 5.75 Å². The zero-order chi connectivity index (χ0) is 13.0. The van der Waals surface area contributed by atoms with Gasteiger partial charge in [-0.15, -0.1) is 0 Å². The monoisotopic (exact) mass is 246 g/mol. The van der Waals surface area contributed by atoms with Gasteiger partial charge in [0.1, 0.15) is 5.75 Å². The van der Waals surface area contributed by atoms with Crippen LogP contribution < -0.4 is 4.74 Å². The summed E-state index contributed by atoms with van der Waals surface area (Å²) in [4.78, 5) is 11.1. The summed E-state index contributed by atoms with van der Waals surface area (Å²) < 4.78 is 10.1. The molecule has 0 atom stereocenters. The van der Waals surface area contributed by atoms with Crippen molar-refractivity contribution in [3.63, 3.8) is 0 Å². The Hall–Kier alpha value is -2.23. The number of hydrogen-bond donors (Lipinski definition) is 1. The van der Waals surface area contributed by atoms with Gasteiger partial charge in [0, 0.05) is 0 Å². The predicted molar refractivity (Wildman–Crippen MR) is 66.1 cm³/mol. The number of carbonyl (C=O) groups is 1. The maximum absolute atomic E-state index is 11.1. The summed E-state index contributed by atoms with van der Waals surface area (Å²) in [6.07, 6.45) is 4.65. The Balaban J connectivity index is 2.20. The minimum atomic E-state index is -0.917. The molecule has 4 heteroatoms. The number of hydrogen-bond acceptors (Lipinski definition) is 3. The van der Waals surface area contributed by atoms with E-state index in [4.69, 9.17) is 14.3 Å². The van der Waals surface area contributed by atoms with Crippen molar-refractivity contribution in [3.05, 3.63) is 53.5 Å². The number of methoxy groups -OCH3 is 1. The Morgan fingerprint density at radius 2 is 2.17 bits per heavy atom. The van der Waals surface area contributed by atoms with E-state index < -0.39 is 5.97 Å². The number of aromatic carboxylic acids is 1. The topological polar surface area (TPSA) is 59.7 Å². The lowest BCUT2D eigenvalue weighted by molar-refractivity contribution is 0.0695. The van der Waals surface area contributed by atoms with Crippen LogP contribution in [0.1, 0.15) is 21.5 Å². The first-order chi connectivity index (χ1) is 8.70. The molecule has 1 aromatic heterocycles. The third kappa shape index (κ3) is 2.71. The molecule has 0 radical (unpaired) electrons. The molecule has 94 valence electrons. The van der Waals surface area contributed by atoms with Crippen molar-refractivity contribution in [1.82, 2.24) is 0 Å². The van der Waals surface area contributed by atoms with Gasteiger partial charge in [-0.3, -0.25) is 0 Å². The number of ether oxygens (including phenoxy) is 1. The second-order valence-corrected chi connectivity index (χ2v) is 3.96. The number of rotatable bonds is 5. The molecule has 0 saturated heterocycles. The van der Waals surface area contributed by atoms with Gasteiger partial charge >= 0.3 is 5.97 Å². The second-order valence-electron chi connectivity index (χ2n) is 3.96. The van der Waals surface area contributed by atoms with Crippen LogP contribution in [0.5, 0.6) is 5.75 Å². The minimum absolute atomic E-state index is 0.319. The molecule has 0 bridgehead atoms. The van der Waals surface area contributed by atoms with Crippen LogP contribution in [0.25, 0.3) is 0 Å². The van der Waals surface area contributed by atoms with Gasteiger partial charge in [-0.1, -0.05) is 0 Å². The van der Waals surface area contributed by atoms with E-state index in [-0.39, 0.29) is 0 Å². The van der Waals surface area contributed by atoms with Crippen molar-refractivity contribution < 1.29 is 19.1 Å². The van der Waals surface area contributed by atoms with E-state index in [0.29, 0.717) is 17.7 Å². The molecule has 18 heavy (non-hydrogen) atoms. The smallest absolute Gasteiger partial charge is 0.335 e. The summed E-state index contributed by atoms with van der Waals surface area (Å²) in [6.45, 7) is 0. The van der Waals surface area contributed by atoms with Crippen molar-refractivity contribution in [2.75, 3.05) is 7.11 Å². The summed E-state index contributed by atoms with van der Waals surface area (Å²) in [7, 11) is 1.57. The molecule has 1 aromatic carbocycles. The van der Waals surface area contributed by atoms with Gasteiger partial charge < -0.3 is 14.3 Å². The van der Waals surface area contributed by atoms with Crippen LogP contribution in [0.2, 0.25) is 0 Å². The third-order valence-corrected chi connectivity index (χ3v) is 2.81. The lowest BCUT2D eigenvalue weighted by Crippen LogP contribution is -2.04. The Kier molecular flexibility index (Phi) is 3.67. The quantitative estimate of drug-likeness (QED) is 0.881. The molecular formula is C14H14O4. The summed E-state index contributed by atoms with van der Waals surface area (Å²) >= 11 is 0. The van der Waals surface area contributed by atoms with E-state index >= 15 is 0 Å². The Morgan fingerprint density at radius 3 is 2.78 bits per heavy atom. The molecule has 0 aliphatic carbocycles. The highest BCUT2D eigenvalue weighted by atomic mass is 16.5. The van der Waals surface area contributed by atoms with Crippen molar-refractivity contribution in [2.45, 2.75) is 12.8 Å². The van der Waals surface area contributed by atoms with Gasteiger partial charge in [-0.05, 0) is 48.2 Å². The Morgan fingerprint density at radius 1 is 1.33 bits per heavy atom. The Labute approximate surface area is 105 Å². The second kappa shape index (κ2) is 5.40. The zero-order valence-corrected chi connectivity index (χ0v) is 10.1. The van der Waals surface area contributed by atoms with Crippen molar-refractivity contribution >= 4 is 5.97 Å². The molecule has 0 saturated carbocycles. The standard InChI is InChI=1S/C14H14O4/c1-17-12-4-5-13(14(15)16)11(8-12)3-2-10-6-7-18-9-10/h4-9H,2-3H2,1H3,(H,15,16). The summed E-state index contributed by atoms with van der Waals surface area (Å²) in [5, 5.41) is 9.13. The molecule has 0 amide bonds. The van der Waals surface area contributed by atoms with Crippen LogP contribution in [-0.2, 0) is 12.8 Å². The van der Waals surface area contributed by atoms with Gasteiger partial charge in [0.05, 0.1) is 25.2 Å². The van der Waals surface area contributed by atoms with E-state index in [9.17, 15) is 4.79 Å². The lowest BCUT2D eigenvalue weighted by atomic mass is 10.0. The van der Waals surface area contributed by atoms with E-state index in [1.807, 2.05) is 6.07 Å². The highest BCUT2D eigenvalue weighted by Gasteiger charge is 2.11. The molecule has 1 heterocycles. The molecule has 0 aliphatic rings. The van der Waals surface area contributed by atoms with E-state index in [2.05, 4.69) is 0 Å². The first-order valence-electron chi connectivity index (χ1n) is 5.62. The van der Waals surface area contributed by atoms with Crippen LogP contribution >= 0.6 is 0 Å². The highest BCUT2D eigenvalue weighted by molar-refractivity contribution is 5.89. The fraction of sp³-hybridized carbons (Fsp3) is 0.214. The molecule has 0 unspecified atom stereocenters. The van der Waals surface area contributed by atoms with E-state index in [1.165, 1.54) is 0 Å². The van der Waals surface area contributed by atoms with Crippen molar-refractivity contribution in [1.29, 1.82) is 0 Å². The molecular weight excluding hydrogens is 232 g/mol. The van der Waals surface area contributed by atoms with Crippen LogP contribution in [0, 0.1) is 0 Å². The number of aryl methyl sites for hydroxylation is 2. The SMILES string of the molecule is COc1ccc(C(=O)O)c(CCc2ccoc2)c1. The van der Waals surface area contributed by atoms with Gasteiger partial charge in [-0.2, -0.15) is 0 Å². The molecule has 2 aromatic rings. The number of carboxylic acids is 1. The van der Waals surface area contributed by atoms with Gasteiger partial charge in [0.25, 0.3) is 0 Å². The average Bonchev–Trinajstić information content (AvgIpc) is 2.88. The summed E-state index contributed by atoms with van der Waals surface area (Å²) in [5.74, 6) is -0.248. The fourth-order valence-corrected chi connectivity index (χ4v) is 1.83. The van der Waals surface area contributed by atoms with Crippen LogP contribution in [0.15, 0.2) is 41.2 Å². The lowest BCUT2D eigenvalue weighted by Gasteiger charge is -2.08. The van der Waals surface area contributed by atoms with Crippen molar-refractivity contribution in [2.24, 2.45) is 0 Å². The number of furan rings is 1. The zero-order valence-electron chi connectivity index (χ0n) is 10.1. The average molecular weight is 246 g/mol. The molecule has 0 spiro atoms. The number of carboxylic acid groups (broad SMARTS) is 1. The van der Waals surface area contributed by atoms with Crippen LogP contribution in [0.4, 0.5) is 0 Å². The fourth-order valence-electron chi connectivity index (χ4n) is 1.83.